The molecule has 35 heavy (non-hydrogen) atoms. The number of anilines is 2. The van der Waals surface area contributed by atoms with Crippen molar-refractivity contribution in [3.8, 4) is 0 Å². The molecule has 2 N–H and O–H groups in total. The van der Waals surface area contributed by atoms with Crippen molar-refractivity contribution in [2.45, 2.75) is 12.5 Å². The minimum absolute atomic E-state index is 0.0115. The molecule has 1 fully saturated rings. The summed E-state index contributed by atoms with van der Waals surface area (Å²) in [5.41, 5.74) is 3.15. The number of carbonyl (C=O) groups is 3. The lowest BCUT2D eigenvalue weighted by atomic mass is 10.1. The number of hydrogen-bond donors (Lipinski definition) is 2. The Bertz CT molecular complexity index is 1320. The molecule has 0 aromatic heterocycles. The summed E-state index contributed by atoms with van der Waals surface area (Å²) in [5.74, 6) is -3.02. The Labute approximate surface area is 209 Å². The summed E-state index contributed by atoms with van der Waals surface area (Å²) in [7, 11) is 0. The van der Waals surface area contributed by atoms with Crippen LogP contribution in [0, 0.1) is 11.6 Å². The van der Waals surface area contributed by atoms with Crippen LogP contribution < -0.4 is 15.6 Å². The molecular weight excluding hydrogens is 498 g/mol. The van der Waals surface area contributed by atoms with Crippen molar-refractivity contribution < 1.29 is 23.2 Å². The van der Waals surface area contributed by atoms with E-state index in [9.17, 15) is 23.2 Å². The summed E-state index contributed by atoms with van der Waals surface area (Å²) < 4.78 is 27.0. The molecule has 11 heteroatoms. The predicted molar refractivity (Wildman–Crippen MR) is 131 cm³/mol. The second-order valence-corrected chi connectivity index (χ2v) is 8.33. The van der Waals surface area contributed by atoms with Crippen LogP contribution in [0.2, 0.25) is 5.02 Å². The van der Waals surface area contributed by atoms with Gasteiger partial charge in [-0.05, 0) is 72.9 Å². The van der Waals surface area contributed by atoms with Gasteiger partial charge in [0.15, 0.2) is 0 Å². The van der Waals surface area contributed by atoms with Crippen molar-refractivity contribution in [1.82, 2.24) is 10.4 Å². The minimum Gasteiger partial charge on any atom is -0.326 e. The molecule has 1 heterocycles. The molecule has 1 saturated heterocycles. The van der Waals surface area contributed by atoms with Gasteiger partial charge < -0.3 is 5.32 Å². The molecule has 1 aliphatic rings. The molecule has 178 valence electrons. The number of hydrazine groups is 1. The summed E-state index contributed by atoms with van der Waals surface area (Å²) in [6.45, 7) is 0. The number of thiocarbonyl (C=S) groups is 1. The number of nitrogens with one attached hydrogen (secondary N) is 2. The Kier molecular flexibility index (Phi) is 7.04. The molecular formula is C24H17ClF2N4O3S. The van der Waals surface area contributed by atoms with Gasteiger partial charge in [-0.1, -0.05) is 23.7 Å². The van der Waals surface area contributed by atoms with Crippen LogP contribution in [0.5, 0.6) is 0 Å². The average molecular weight is 515 g/mol. The molecule has 1 atom stereocenters. The molecule has 0 spiro atoms. The first kappa shape index (κ1) is 24.2. The van der Waals surface area contributed by atoms with Gasteiger partial charge >= 0.3 is 0 Å². The van der Waals surface area contributed by atoms with Gasteiger partial charge in [-0.3, -0.25) is 24.7 Å². The molecule has 7 nitrogen and oxygen atoms in total. The van der Waals surface area contributed by atoms with Gasteiger partial charge in [-0.2, -0.15) is 0 Å². The summed E-state index contributed by atoms with van der Waals surface area (Å²) in [6, 6.07) is 15.2. The van der Waals surface area contributed by atoms with E-state index in [0.29, 0.717) is 10.7 Å². The zero-order valence-corrected chi connectivity index (χ0v) is 19.4. The normalized spacial score (nSPS) is 15.3. The highest BCUT2D eigenvalue weighted by atomic mass is 35.5. The Morgan fingerprint density at radius 1 is 0.971 bits per heavy atom. The topological polar surface area (TPSA) is 81.8 Å². The van der Waals surface area contributed by atoms with Crippen molar-refractivity contribution in [2.24, 2.45) is 0 Å². The van der Waals surface area contributed by atoms with Gasteiger partial charge in [0, 0.05) is 16.3 Å². The highest BCUT2D eigenvalue weighted by Gasteiger charge is 2.45. The second kappa shape index (κ2) is 10.2. The molecule has 0 bridgehead atoms. The minimum atomic E-state index is -1.22. The summed E-state index contributed by atoms with van der Waals surface area (Å²) in [4.78, 5) is 39.9. The number of nitrogens with zero attached hydrogens (tertiary/aromatic N) is 2. The monoisotopic (exact) mass is 514 g/mol. The smallest absolute Gasteiger partial charge is 0.269 e. The number of carbonyl (C=O) groups excluding carboxylic acids is 3. The SMILES string of the molecule is O=C(CC1C(=O)N(c2ccc(F)cc2)C(=S)N1NC(=O)c1cccc(F)c1)Nc1cccc(Cl)c1. The van der Waals surface area contributed by atoms with Crippen LogP contribution in [0.3, 0.4) is 0 Å². The zero-order valence-electron chi connectivity index (χ0n) is 17.9. The lowest BCUT2D eigenvalue weighted by molar-refractivity contribution is -0.124. The van der Waals surface area contributed by atoms with E-state index < -0.39 is 35.4 Å². The third-order valence-corrected chi connectivity index (χ3v) is 5.71. The highest BCUT2D eigenvalue weighted by molar-refractivity contribution is 7.80. The van der Waals surface area contributed by atoms with Gasteiger partial charge in [0.2, 0.25) is 11.0 Å². The fourth-order valence-corrected chi connectivity index (χ4v) is 4.04. The van der Waals surface area contributed by atoms with Crippen molar-refractivity contribution in [2.75, 3.05) is 10.2 Å². The van der Waals surface area contributed by atoms with E-state index in [1.54, 1.807) is 18.2 Å². The lowest BCUT2D eigenvalue weighted by Crippen LogP contribution is -2.49. The Balaban J connectivity index is 1.61. The first-order valence-electron chi connectivity index (χ1n) is 10.3. The number of benzene rings is 3. The predicted octanol–water partition coefficient (Wildman–Crippen LogP) is 4.29. The third kappa shape index (κ3) is 5.44. The van der Waals surface area contributed by atoms with Crippen LogP contribution in [0.1, 0.15) is 16.8 Å². The third-order valence-electron chi connectivity index (χ3n) is 5.10. The highest BCUT2D eigenvalue weighted by Crippen LogP contribution is 2.27. The van der Waals surface area contributed by atoms with Crippen LogP contribution in [0.4, 0.5) is 20.2 Å². The first-order chi connectivity index (χ1) is 16.7. The van der Waals surface area contributed by atoms with Crippen molar-refractivity contribution in [3.63, 3.8) is 0 Å². The van der Waals surface area contributed by atoms with Crippen molar-refractivity contribution in [3.05, 3.63) is 95.0 Å². The van der Waals surface area contributed by atoms with Gasteiger partial charge in [-0.15, -0.1) is 0 Å². The van der Waals surface area contributed by atoms with Crippen molar-refractivity contribution in [1.29, 1.82) is 0 Å². The van der Waals surface area contributed by atoms with Crippen LogP contribution in [0.15, 0.2) is 72.8 Å². The fourth-order valence-electron chi connectivity index (χ4n) is 3.48. The fraction of sp³-hybridized carbons (Fsp3) is 0.0833. The van der Waals surface area contributed by atoms with E-state index in [4.69, 9.17) is 23.8 Å². The summed E-state index contributed by atoms with van der Waals surface area (Å²) in [5, 5.41) is 4.00. The van der Waals surface area contributed by atoms with Crippen LogP contribution in [-0.2, 0) is 9.59 Å². The van der Waals surface area contributed by atoms with Gasteiger partial charge in [0.05, 0.1) is 12.1 Å². The largest absolute Gasteiger partial charge is 0.326 e. The Morgan fingerprint density at radius 2 is 1.69 bits per heavy atom. The maximum Gasteiger partial charge on any atom is 0.269 e. The molecule has 0 aliphatic carbocycles. The standard InChI is InChI=1S/C24H17ClF2N4O3S/c25-15-4-2-6-18(12-15)28-21(32)13-20-23(34)30(19-9-7-16(26)8-10-19)24(35)31(20)29-22(33)14-3-1-5-17(27)11-14/h1-12,20H,13H2,(H,28,32)(H,29,33). The van der Waals surface area contributed by atoms with E-state index in [1.165, 1.54) is 36.4 Å². The summed E-state index contributed by atoms with van der Waals surface area (Å²) >= 11 is 11.4. The average Bonchev–Trinajstić information content (AvgIpc) is 3.03. The molecule has 0 saturated carbocycles. The van der Waals surface area contributed by atoms with E-state index >= 15 is 0 Å². The maximum absolute atomic E-state index is 13.6. The molecule has 3 aromatic carbocycles. The number of amides is 3. The van der Waals surface area contributed by atoms with E-state index in [1.807, 2.05) is 0 Å². The van der Waals surface area contributed by atoms with Gasteiger partial charge in [0.1, 0.15) is 17.7 Å². The molecule has 0 radical (unpaired) electrons. The second-order valence-electron chi connectivity index (χ2n) is 7.53. The van der Waals surface area contributed by atoms with Crippen LogP contribution >= 0.6 is 23.8 Å². The van der Waals surface area contributed by atoms with E-state index in [-0.39, 0.29) is 22.8 Å². The summed E-state index contributed by atoms with van der Waals surface area (Å²) in [6.07, 6.45) is -0.382. The van der Waals surface area contributed by atoms with Gasteiger partial charge in [0.25, 0.3) is 11.8 Å². The lowest BCUT2D eigenvalue weighted by Gasteiger charge is -2.24. The number of halogens is 3. The van der Waals surface area contributed by atoms with Gasteiger partial charge in [-0.25, -0.2) is 13.8 Å². The number of rotatable bonds is 6. The first-order valence-corrected chi connectivity index (χ1v) is 11.1. The Morgan fingerprint density at radius 3 is 2.37 bits per heavy atom. The quantitative estimate of drug-likeness (QED) is 0.480. The molecule has 3 aromatic rings. The molecule has 1 unspecified atom stereocenters. The van der Waals surface area contributed by atoms with Crippen LogP contribution in [0.25, 0.3) is 0 Å². The molecule has 1 aliphatic heterocycles. The zero-order chi connectivity index (χ0) is 25.1. The number of hydrogen-bond acceptors (Lipinski definition) is 4. The van der Waals surface area contributed by atoms with Crippen molar-refractivity contribution >= 4 is 58.0 Å². The van der Waals surface area contributed by atoms with Crippen LogP contribution in [-0.4, -0.2) is 33.9 Å². The Hall–Kier alpha value is -3.89. The maximum atomic E-state index is 13.6. The van der Waals surface area contributed by atoms with E-state index in [2.05, 4.69) is 10.7 Å². The van der Waals surface area contributed by atoms with E-state index in [0.717, 1.165) is 28.1 Å². The molecule has 4 rings (SSSR count). The molecule has 3 amide bonds.